The van der Waals surface area contributed by atoms with E-state index in [1.807, 2.05) is 37.3 Å². The minimum absolute atomic E-state index is 0.872. The fraction of sp³-hybridized carbons (Fsp3) is 0.214. The molecule has 1 aromatic carbocycles. The van der Waals surface area contributed by atoms with Gasteiger partial charge < -0.3 is 4.74 Å². The molecule has 1 rings (SSSR count). The molecule has 0 atom stereocenters. The number of allylic oxidation sites excluding steroid dienone is 3. The van der Waals surface area contributed by atoms with Crippen molar-refractivity contribution >= 4 is 5.71 Å². The van der Waals surface area contributed by atoms with Crippen LogP contribution in [0.15, 0.2) is 48.0 Å². The molecule has 84 valence electrons. The molecule has 0 heterocycles. The van der Waals surface area contributed by atoms with E-state index in [0.29, 0.717) is 0 Å². The van der Waals surface area contributed by atoms with Crippen LogP contribution in [0, 0.1) is 6.92 Å². The summed E-state index contributed by atoms with van der Waals surface area (Å²) in [5, 5.41) is 0. The second kappa shape index (κ2) is 5.91. The first-order chi connectivity index (χ1) is 7.74. The van der Waals surface area contributed by atoms with Gasteiger partial charge in [-0.05, 0) is 24.6 Å². The summed E-state index contributed by atoms with van der Waals surface area (Å²) in [5.41, 5.74) is 3.00. The number of para-hydroxylation sites is 1. The molecule has 0 spiro atoms. The number of aliphatic imine (C=N–C) groups is 1. The number of rotatable bonds is 4. The van der Waals surface area contributed by atoms with Crippen molar-refractivity contribution in [2.24, 2.45) is 4.99 Å². The first-order valence-electron chi connectivity index (χ1n) is 5.14. The predicted octanol–water partition coefficient (Wildman–Crippen LogP) is 3.16. The van der Waals surface area contributed by atoms with E-state index in [4.69, 9.17) is 4.74 Å². The smallest absolute Gasteiger partial charge is 0.131 e. The van der Waals surface area contributed by atoms with Gasteiger partial charge in [-0.3, -0.25) is 4.99 Å². The molecule has 0 unspecified atom stereocenters. The molecule has 0 bridgehead atoms. The van der Waals surface area contributed by atoms with E-state index in [-0.39, 0.29) is 0 Å². The highest BCUT2D eigenvalue weighted by Gasteiger charge is 2.08. The number of methoxy groups -OCH3 is 1. The third-order valence-electron chi connectivity index (χ3n) is 2.32. The average molecular weight is 215 g/mol. The Hall–Kier alpha value is -1.83. The Labute approximate surface area is 97.0 Å². The van der Waals surface area contributed by atoms with Gasteiger partial charge in [0.05, 0.1) is 12.8 Å². The summed E-state index contributed by atoms with van der Waals surface area (Å²) in [6.45, 7) is 5.67. The van der Waals surface area contributed by atoms with Gasteiger partial charge in [0, 0.05) is 12.6 Å². The highest BCUT2D eigenvalue weighted by Crippen LogP contribution is 2.23. The standard InChI is InChI=1S/C14H17NO/c1-5-6-10-13(15-3)12-9-7-8-11(2)14(12)16-4/h5-10H,1H2,2-4H3/b10-6-,15-13?. The van der Waals surface area contributed by atoms with Crippen molar-refractivity contribution in [2.45, 2.75) is 6.92 Å². The van der Waals surface area contributed by atoms with Gasteiger partial charge in [-0.2, -0.15) is 0 Å². The number of benzene rings is 1. The van der Waals surface area contributed by atoms with Crippen LogP contribution in [0.5, 0.6) is 5.75 Å². The van der Waals surface area contributed by atoms with Crippen molar-refractivity contribution in [3.8, 4) is 5.75 Å². The first-order valence-corrected chi connectivity index (χ1v) is 5.14. The molecule has 0 aromatic heterocycles. The topological polar surface area (TPSA) is 21.6 Å². The molecular formula is C14H17NO. The molecule has 0 fully saturated rings. The number of nitrogens with zero attached hydrogens (tertiary/aromatic N) is 1. The Morgan fingerprint density at radius 1 is 1.44 bits per heavy atom. The molecule has 2 heteroatoms. The molecule has 2 nitrogen and oxygen atoms in total. The molecular weight excluding hydrogens is 198 g/mol. The van der Waals surface area contributed by atoms with Crippen LogP contribution in [0.1, 0.15) is 11.1 Å². The zero-order valence-corrected chi connectivity index (χ0v) is 10.0. The second-order valence-corrected chi connectivity index (χ2v) is 3.36. The minimum Gasteiger partial charge on any atom is -0.496 e. The molecule has 0 aliphatic carbocycles. The molecule has 0 aliphatic rings. The summed E-state index contributed by atoms with van der Waals surface area (Å²) in [4.78, 5) is 4.25. The highest BCUT2D eigenvalue weighted by atomic mass is 16.5. The van der Waals surface area contributed by atoms with E-state index in [1.54, 1.807) is 20.2 Å². The SMILES string of the molecule is C=C/C=C\C(=NC)c1cccc(C)c1OC. The summed E-state index contributed by atoms with van der Waals surface area (Å²) < 4.78 is 5.40. The molecule has 0 saturated carbocycles. The maximum atomic E-state index is 5.40. The van der Waals surface area contributed by atoms with E-state index in [2.05, 4.69) is 11.6 Å². The van der Waals surface area contributed by atoms with Crippen LogP contribution < -0.4 is 4.74 Å². The van der Waals surface area contributed by atoms with Crippen molar-refractivity contribution in [1.82, 2.24) is 0 Å². The summed E-state index contributed by atoms with van der Waals surface area (Å²) in [6, 6.07) is 6.02. The summed E-state index contributed by atoms with van der Waals surface area (Å²) in [6.07, 6.45) is 5.52. The van der Waals surface area contributed by atoms with E-state index in [0.717, 1.165) is 22.6 Å². The lowest BCUT2D eigenvalue weighted by Crippen LogP contribution is -2.01. The van der Waals surface area contributed by atoms with Gasteiger partial charge >= 0.3 is 0 Å². The van der Waals surface area contributed by atoms with Crippen molar-refractivity contribution in [3.63, 3.8) is 0 Å². The summed E-state index contributed by atoms with van der Waals surface area (Å²) >= 11 is 0. The zero-order chi connectivity index (χ0) is 12.0. The van der Waals surface area contributed by atoms with Crippen LogP contribution in [0.4, 0.5) is 0 Å². The largest absolute Gasteiger partial charge is 0.496 e. The normalized spacial score (nSPS) is 11.8. The van der Waals surface area contributed by atoms with E-state index < -0.39 is 0 Å². The molecule has 0 N–H and O–H groups in total. The molecule has 0 aliphatic heterocycles. The van der Waals surface area contributed by atoms with Crippen LogP contribution in [0.3, 0.4) is 0 Å². The van der Waals surface area contributed by atoms with Crippen molar-refractivity contribution in [1.29, 1.82) is 0 Å². The predicted molar refractivity (Wildman–Crippen MR) is 69.5 cm³/mol. The van der Waals surface area contributed by atoms with Gasteiger partial charge in [-0.25, -0.2) is 0 Å². The van der Waals surface area contributed by atoms with Crippen LogP contribution in [0.2, 0.25) is 0 Å². The van der Waals surface area contributed by atoms with Gasteiger partial charge in [0.2, 0.25) is 0 Å². The van der Waals surface area contributed by atoms with Crippen molar-refractivity contribution in [3.05, 3.63) is 54.1 Å². The lowest BCUT2D eigenvalue weighted by atomic mass is 10.0. The van der Waals surface area contributed by atoms with E-state index in [9.17, 15) is 0 Å². The Kier molecular flexibility index (Phi) is 4.52. The van der Waals surface area contributed by atoms with Crippen molar-refractivity contribution in [2.75, 3.05) is 14.2 Å². The Morgan fingerprint density at radius 2 is 2.19 bits per heavy atom. The minimum atomic E-state index is 0.872. The number of aryl methyl sites for hydroxylation is 1. The van der Waals surface area contributed by atoms with Gasteiger partial charge in [0.1, 0.15) is 5.75 Å². The number of hydrogen-bond donors (Lipinski definition) is 0. The first kappa shape index (κ1) is 12.2. The van der Waals surface area contributed by atoms with Crippen LogP contribution in [0.25, 0.3) is 0 Å². The lowest BCUT2D eigenvalue weighted by molar-refractivity contribution is 0.411. The highest BCUT2D eigenvalue weighted by molar-refractivity contribution is 6.10. The monoisotopic (exact) mass is 215 g/mol. The molecule has 1 aromatic rings. The third kappa shape index (κ3) is 2.60. The quantitative estimate of drug-likeness (QED) is 0.558. The summed E-state index contributed by atoms with van der Waals surface area (Å²) in [5.74, 6) is 0.872. The van der Waals surface area contributed by atoms with Gasteiger partial charge in [-0.1, -0.05) is 30.9 Å². The summed E-state index contributed by atoms with van der Waals surface area (Å²) in [7, 11) is 3.45. The fourth-order valence-corrected chi connectivity index (χ4v) is 1.57. The van der Waals surface area contributed by atoms with Crippen LogP contribution in [-0.4, -0.2) is 19.9 Å². The molecule has 0 saturated heterocycles. The average Bonchev–Trinajstić information content (AvgIpc) is 2.30. The van der Waals surface area contributed by atoms with Crippen molar-refractivity contribution < 1.29 is 4.74 Å². The maximum absolute atomic E-state index is 5.40. The van der Waals surface area contributed by atoms with Gasteiger partial charge in [0.25, 0.3) is 0 Å². The van der Waals surface area contributed by atoms with Crippen LogP contribution >= 0.6 is 0 Å². The maximum Gasteiger partial charge on any atom is 0.131 e. The molecule has 0 amide bonds. The zero-order valence-electron chi connectivity index (χ0n) is 10.0. The number of hydrogen-bond acceptors (Lipinski definition) is 2. The Morgan fingerprint density at radius 3 is 2.75 bits per heavy atom. The second-order valence-electron chi connectivity index (χ2n) is 3.36. The van der Waals surface area contributed by atoms with Gasteiger partial charge in [0.15, 0.2) is 0 Å². The molecule has 16 heavy (non-hydrogen) atoms. The van der Waals surface area contributed by atoms with Gasteiger partial charge in [-0.15, -0.1) is 0 Å². The third-order valence-corrected chi connectivity index (χ3v) is 2.32. The number of ether oxygens (including phenoxy) is 1. The van der Waals surface area contributed by atoms with E-state index >= 15 is 0 Å². The fourth-order valence-electron chi connectivity index (χ4n) is 1.57. The Balaban J connectivity index is 3.25. The Bertz CT molecular complexity index is 430. The molecule has 0 radical (unpaired) electrons. The van der Waals surface area contributed by atoms with Crippen LogP contribution in [-0.2, 0) is 0 Å². The van der Waals surface area contributed by atoms with E-state index in [1.165, 1.54) is 0 Å². The lowest BCUT2D eigenvalue weighted by Gasteiger charge is -2.10.